The van der Waals surface area contributed by atoms with Crippen LogP contribution in [0.3, 0.4) is 0 Å². The van der Waals surface area contributed by atoms with Crippen molar-refractivity contribution in [2.24, 2.45) is 5.92 Å². The topological polar surface area (TPSA) is 72.3 Å². The van der Waals surface area contributed by atoms with Crippen molar-refractivity contribution in [3.05, 3.63) is 47.0 Å². The highest BCUT2D eigenvalue weighted by molar-refractivity contribution is 5.79. The van der Waals surface area contributed by atoms with Crippen LogP contribution in [0, 0.1) is 12.8 Å². The molecule has 1 amide bonds. The second-order valence-corrected chi connectivity index (χ2v) is 8.20. The van der Waals surface area contributed by atoms with E-state index >= 15 is 0 Å². The Hall–Kier alpha value is -2.25. The maximum Gasteiger partial charge on any atom is 0.223 e. The summed E-state index contributed by atoms with van der Waals surface area (Å²) in [4.78, 5) is 15.1. The second kappa shape index (κ2) is 9.05. The van der Waals surface area contributed by atoms with Crippen LogP contribution in [0.2, 0.25) is 0 Å². The van der Waals surface area contributed by atoms with Gasteiger partial charge in [-0.2, -0.15) is 0 Å². The SMILES string of the molecule is Cc1ccccc1CN1CCc2nnc(C(C)NC(=O)C3CCOCC3)n2CC1. The van der Waals surface area contributed by atoms with Gasteiger partial charge in [0.25, 0.3) is 0 Å². The van der Waals surface area contributed by atoms with Crippen molar-refractivity contribution < 1.29 is 9.53 Å². The van der Waals surface area contributed by atoms with E-state index in [2.05, 4.69) is 56.2 Å². The van der Waals surface area contributed by atoms with Gasteiger partial charge in [0.2, 0.25) is 5.91 Å². The zero-order valence-electron chi connectivity index (χ0n) is 17.4. The molecule has 3 heterocycles. The van der Waals surface area contributed by atoms with Crippen LogP contribution < -0.4 is 5.32 Å². The summed E-state index contributed by atoms with van der Waals surface area (Å²) in [5.41, 5.74) is 2.71. The third-order valence-electron chi connectivity index (χ3n) is 6.14. The predicted octanol–water partition coefficient (Wildman–Crippen LogP) is 2.25. The number of nitrogens with one attached hydrogen (secondary N) is 1. The van der Waals surface area contributed by atoms with Crippen LogP contribution in [-0.2, 0) is 29.0 Å². The molecule has 1 aromatic carbocycles. The van der Waals surface area contributed by atoms with Crippen LogP contribution in [0.1, 0.15) is 48.6 Å². The number of amides is 1. The third-order valence-corrected chi connectivity index (χ3v) is 6.14. The van der Waals surface area contributed by atoms with Gasteiger partial charge in [-0.3, -0.25) is 9.69 Å². The summed E-state index contributed by atoms with van der Waals surface area (Å²) in [6.07, 6.45) is 2.47. The van der Waals surface area contributed by atoms with Crippen molar-refractivity contribution in [3.8, 4) is 0 Å². The minimum atomic E-state index is -0.144. The summed E-state index contributed by atoms with van der Waals surface area (Å²) < 4.78 is 7.57. The lowest BCUT2D eigenvalue weighted by Gasteiger charge is -2.24. The number of rotatable bonds is 5. The number of fused-ring (bicyclic) bond motifs is 1. The average Bonchev–Trinajstić information content (AvgIpc) is 3.05. The average molecular weight is 398 g/mol. The molecule has 4 rings (SSSR count). The molecular weight excluding hydrogens is 366 g/mol. The number of aryl methyl sites for hydroxylation is 1. The van der Waals surface area contributed by atoms with Gasteiger partial charge < -0.3 is 14.6 Å². The molecule has 2 aromatic rings. The van der Waals surface area contributed by atoms with E-state index in [1.165, 1.54) is 11.1 Å². The van der Waals surface area contributed by atoms with Gasteiger partial charge in [-0.25, -0.2) is 0 Å². The molecule has 1 N–H and O–H groups in total. The molecule has 0 aliphatic carbocycles. The Morgan fingerprint density at radius 3 is 2.79 bits per heavy atom. The Kier molecular flexibility index (Phi) is 6.25. The van der Waals surface area contributed by atoms with E-state index in [0.717, 1.165) is 57.1 Å². The molecule has 1 atom stereocenters. The minimum absolute atomic E-state index is 0.0438. The molecule has 2 aliphatic rings. The number of benzene rings is 1. The molecule has 29 heavy (non-hydrogen) atoms. The molecule has 156 valence electrons. The highest BCUT2D eigenvalue weighted by Gasteiger charge is 2.26. The van der Waals surface area contributed by atoms with Crippen molar-refractivity contribution in [1.29, 1.82) is 0 Å². The van der Waals surface area contributed by atoms with Gasteiger partial charge in [0.1, 0.15) is 5.82 Å². The predicted molar refractivity (Wildman–Crippen MR) is 110 cm³/mol. The Bertz CT molecular complexity index is 843. The molecule has 0 spiro atoms. The largest absolute Gasteiger partial charge is 0.381 e. The zero-order chi connectivity index (χ0) is 20.2. The van der Waals surface area contributed by atoms with Crippen molar-refractivity contribution in [2.45, 2.75) is 52.2 Å². The Labute approximate surface area is 172 Å². The lowest BCUT2D eigenvalue weighted by atomic mass is 9.99. The van der Waals surface area contributed by atoms with E-state index in [1.807, 2.05) is 6.92 Å². The fourth-order valence-corrected chi connectivity index (χ4v) is 4.25. The van der Waals surface area contributed by atoms with Gasteiger partial charge in [0.15, 0.2) is 5.82 Å². The van der Waals surface area contributed by atoms with E-state index in [0.29, 0.717) is 13.2 Å². The molecule has 0 saturated carbocycles. The molecule has 1 unspecified atom stereocenters. The first-order chi connectivity index (χ1) is 14.1. The van der Waals surface area contributed by atoms with Crippen LogP contribution in [0.4, 0.5) is 0 Å². The Balaban J connectivity index is 1.39. The number of nitrogens with zero attached hydrogens (tertiary/aromatic N) is 4. The van der Waals surface area contributed by atoms with Gasteiger partial charge in [-0.05, 0) is 37.8 Å². The smallest absolute Gasteiger partial charge is 0.223 e. The molecule has 1 saturated heterocycles. The standard InChI is InChI=1S/C22H31N5O2/c1-16-5-3-4-6-19(16)15-26-10-7-20-24-25-21(27(20)12-11-26)17(2)23-22(28)18-8-13-29-14-9-18/h3-6,17-18H,7-15H2,1-2H3,(H,23,28). The first-order valence-electron chi connectivity index (χ1n) is 10.7. The summed E-state index contributed by atoms with van der Waals surface area (Å²) in [7, 11) is 0. The third kappa shape index (κ3) is 4.67. The first kappa shape index (κ1) is 20.0. The van der Waals surface area contributed by atoms with Crippen molar-refractivity contribution in [1.82, 2.24) is 25.0 Å². The van der Waals surface area contributed by atoms with E-state index in [-0.39, 0.29) is 17.9 Å². The Morgan fingerprint density at radius 1 is 1.21 bits per heavy atom. The van der Waals surface area contributed by atoms with E-state index < -0.39 is 0 Å². The summed E-state index contributed by atoms with van der Waals surface area (Å²) in [5.74, 6) is 2.02. The monoisotopic (exact) mass is 397 g/mol. The Morgan fingerprint density at radius 2 is 2.00 bits per heavy atom. The highest BCUT2D eigenvalue weighted by atomic mass is 16.5. The van der Waals surface area contributed by atoms with Crippen molar-refractivity contribution in [3.63, 3.8) is 0 Å². The van der Waals surface area contributed by atoms with E-state index in [9.17, 15) is 4.79 Å². The van der Waals surface area contributed by atoms with Gasteiger partial charge in [-0.15, -0.1) is 10.2 Å². The molecule has 0 radical (unpaired) electrons. The maximum atomic E-state index is 12.6. The highest BCUT2D eigenvalue weighted by Crippen LogP contribution is 2.20. The number of aromatic nitrogens is 3. The van der Waals surface area contributed by atoms with Crippen LogP contribution in [0.5, 0.6) is 0 Å². The van der Waals surface area contributed by atoms with Crippen LogP contribution in [0.25, 0.3) is 0 Å². The van der Waals surface area contributed by atoms with Crippen LogP contribution in [-0.4, -0.2) is 51.9 Å². The fraction of sp³-hybridized carbons (Fsp3) is 0.591. The van der Waals surface area contributed by atoms with Crippen molar-refractivity contribution >= 4 is 5.91 Å². The van der Waals surface area contributed by atoms with Gasteiger partial charge in [-0.1, -0.05) is 24.3 Å². The molecule has 7 nitrogen and oxygen atoms in total. The first-order valence-corrected chi connectivity index (χ1v) is 10.7. The number of hydrogen-bond acceptors (Lipinski definition) is 5. The maximum absolute atomic E-state index is 12.6. The summed E-state index contributed by atoms with van der Waals surface area (Å²) in [6.45, 7) is 9.24. The number of carbonyl (C=O) groups excluding carboxylic acids is 1. The number of ether oxygens (including phenoxy) is 1. The number of hydrogen-bond donors (Lipinski definition) is 1. The molecule has 0 bridgehead atoms. The minimum Gasteiger partial charge on any atom is -0.381 e. The summed E-state index contributed by atoms with van der Waals surface area (Å²) >= 11 is 0. The molecular formula is C22H31N5O2. The van der Waals surface area contributed by atoms with E-state index in [1.54, 1.807) is 0 Å². The molecule has 7 heteroatoms. The van der Waals surface area contributed by atoms with E-state index in [4.69, 9.17) is 4.74 Å². The van der Waals surface area contributed by atoms with Crippen LogP contribution in [0.15, 0.2) is 24.3 Å². The normalized spacial score (nSPS) is 19.4. The lowest BCUT2D eigenvalue weighted by molar-refractivity contribution is -0.128. The van der Waals surface area contributed by atoms with Gasteiger partial charge in [0, 0.05) is 51.7 Å². The lowest BCUT2D eigenvalue weighted by Crippen LogP contribution is -2.36. The van der Waals surface area contributed by atoms with Crippen molar-refractivity contribution in [2.75, 3.05) is 26.3 Å². The molecule has 1 fully saturated rings. The summed E-state index contributed by atoms with van der Waals surface area (Å²) in [6, 6.07) is 8.43. The number of carbonyl (C=O) groups is 1. The second-order valence-electron chi connectivity index (χ2n) is 8.20. The molecule has 2 aliphatic heterocycles. The fourth-order valence-electron chi connectivity index (χ4n) is 4.25. The van der Waals surface area contributed by atoms with Gasteiger partial charge >= 0.3 is 0 Å². The molecule has 1 aromatic heterocycles. The quantitative estimate of drug-likeness (QED) is 0.838. The zero-order valence-corrected chi connectivity index (χ0v) is 17.4. The van der Waals surface area contributed by atoms with Crippen LogP contribution >= 0.6 is 0 Å². The van der Waals surface area contributed by atoms with Gasteiger partial charge in [0.05, 0.1) is 6.04 Å². The summed E-state index contributed by atoms with van der Waals surface area (Å²) in [5, 5.41) is 12.0.